The molecule has 0 saturated heterocycles. The summed E-state index contributed by atoms with van der Waals surface area (Å²) in [6.45, 7) is 5.19. The SMILES string of the molecule is [CH]=CC1=CCC(=O)C=C1. The molecule has 1 radical (unpaired) electrons. The third-order valence-corrected chi connectivity index (χ3v) is 1.19. The molecule has 0 aromatic carbocycles. The molecule has 0 spiro atoms. The second kappa shape index (κ2) is 2.44. The molecule has 0 unspecified atom stereocenters. The second-order valence-corrected chi connectivity index (χ2v) is 1.87. The van der Waals surface area contributed by atoms with E-state index in [-0.39, 0.29) is 5.78 Å². The van der Waals surface area contributed by atoms with Crippen molar-refractivity contribution in [1.82, 2.24) is 0 Å². The average Bonchev–Trinajstić information content (AvgIpc) is 1.90. The van der Waals surface area contributed by atoms with Crippen LogP contribution in [-0.4, -0.2) is 5.78 Å². The van der Waals surface area contributed by atoms with Crippen LogP contribution in [0, 0.1) is 6.58 Å². The van der Waals surface area contributed by atoms with E-state index < -0.39 is 0 Å². The fraction of sp³-hybridized carbons (Fsp3) is 0.125. The predicted octanol–water partition coefficient (Wildman–Crippen LogP) is 1.43. The highest BCUT2D eigenvalue weighted by Gasteiger charge is 1.98. The van der Waals surface area contributed by atoms with E-state index in [4.69, 9.17) is 6.58 Å². The van der Waals surface area contributed by atoms with E-state index in [0.717, 1.165) is 5.57 Å². The topological polar surface area (TPSA) is 17.1 Å². The molecule has 45 valence electrons. The first-order valence-electron chi connectivity index (χ1n) is 2.79. The quantitative estimate of drug-likeness (QED) is 0.510. The average molecular weight is 119 g/mol. The van der Waals surface area contributed by atoms with Gasteiger partial charge in [0.2, 0.25) is 0 Å². The molecule has 0 aromatic heterocycles. The summed E-state index contributed by atoms with van der Waals surface area (Å²) < 4.78 is 0. The minimum absolute atomic E-state index is 0.139. The zero-order valence-corrected chi connectivity index (χ0v) is 5.00. The fourth-order valence-electron chi connectivity index (χ4n) is 0.667. The Balaban J connectivity index is 2.73. The van der Waals surface area contributed by atoms with Gasteiger partial charge in [0, 0.05) is 6.42 Å². The van der Waals surface area contributed by atoms with Gasteiger partial charge in [-0.05, 0) is 11.6 Å². The van der Waals surface area contributed by atoms with E-state index in [1.54, 1.807) is 12.2 Å². The molecule has 1 nitrogen and oxygen atoms in total. The van der Waals surface area contributed by atoms with Crippen molar-refractivity contribution < 1.29 is 4.79 Å². The summed E-state index contributed by atoms with van der Waals surface area (Å²) in [6, 6.07) is 0. The molecule has 0 fully saturated rings. The molecule has 0 bridgehead atoms. The molecule has 0 aromatic rings. The van der Waals surface area contributed by atoms with Crippen molar-refractivity contribution in [1.29, 1.82) is 0 Å². The van der Waals surface area contributed by atoms with Gasteiger partial charge in [0.05, 0.1) is 0 Å². The molecule has 0 N–H and O–H groups in total. The Morgan fingerprint density at radius 1 is 1.56 bits per heavy atom. The number of allylic oxidation sites excluding steroid dienone is 5. The molecule has 1 aliphatic carbocycles. The van der Waals surface area contributed by atoms with Crippen LogP contribution in [0.25, 0.3) is 0 Å². The maximum Gasteiger partial charge on any atom is 0.159 e. The van der Waals surface area contributed by atoms with Crippen LogP contribution >= 0.6 is 0 Å². The lowest BCUT2D eigenvalue weighted by Crippen LogP contribution is -1.94. The van der Waals surface area contributed by atoms with Crippen molar-refractivity contribution in [2.45, 2.75) is 6.42 Å². The van der Waals surface area contributed by atoms with Gasteiger partial charge in [0.25, 0.3) is 0 Å². The fourth-order valence-corrected chi connectivity index (χ4v) is 0.667. The maximum absolute atomic E-state index is 10.5. The van der Waals surface area contributed by atoms with Gasteiger partial charge >= 0.3 is 0 Å². The summed E-state index contributed by atoms with van der Waals surface area (Å²) in [4.78, 5) is 10.5. The van der Waals surface area contributed by atoms with Crippen LogP contribution in [0.4, 0.5) is 0 Å². The predicted molar refractivity (Wildman–Crippen MR) is 35.7 cm³/mol. The van der Waals surface area contributed by atoms with E-state index in [9.17, 15) is 4.79 Å². The van der Waals surface area contributed by atoms with E-state index in [1.807, 2.05) is 6.08 Å². The third kappa shape index (κ3) is 1.39. The largest absolute Gasteiger partial charge is 0.295 e. The van der Waals surface area contributed by atoms with Crippen molar-refractivity contribution in [3.05, 3.63) is 36.5 Å². The monoisotopic (exact) mass is 119 g/mol. The first kappa shape index (κ1) is 6.02. The van der Waals surface area contributed by atoms with Gasteiger partial charge in [-0.25, -0.2) is 0 Å². The smallest absolute Gasteiger partial charge is 0.159 e. The van der Waals surface area contributed by atoms with E-state index in [0.29, 0.717) is 6.42 Å². The van der Waals surface area contributed by atoms with Crippen LogP contribution in [0.1, 0.15) is 6.42 Å². The lowest BCUT2D eigenvalue weighted by molar-refractivity contribution is -0.113. The van der Waals surface area contributed by atoms with Crippen LogP contribution in [0.15, 0.2) is 29.9 Å². The summed E-state index contributed by atoms with van der Waals surface area (Å²) in [5.41, 5.74) is 0.926. The lowest BCUT2D eigenvalue weighted by atomic mass is 10.1. The molecule has 0 saturated carbocycles. The van der Waals surface area contributed by atoms with Gasteiger partial charge in [0.1, 0.15) is 0 Å². The molecular formula is C8H7O. The molecular weight excluding hydrogens is 112 g/mol. The van der Waals surface area contributed by atoms with Crippen molar-refractivity contribution in [3.63, 3.8) is 0 Å². The summed E-state index contributed by atoms with van der Waals surface area (Å²) in [7, 11) is 0. The van der Waals surface area contributed by atoms with Crippen LogP contribution in [0.3, 0.4) is 0 Å². The highest BCUT2D eigenvalue weighted by Crippen LogP contribution is 2.06. The zero-order valence-electron chi connectivity index (χ0n) is 5.00. The number of hydrogen-bond acceptors (Lipinski definition) is 1. The summed E-state index contributed by atoms with van der Waals surface area (Å²) in [5.74, 6) is 0.139. The van der Waals surface area contributed by atoms with Crippen molar-refractivity contribution in [2.75, 3.05) is 0 Å². The van der Waals surface area contributed by atoms with Gasteiger partial charge in [-0.3, -0.25) is 4.79 Å². The molecule has 1 aliphatic rings. The Bertz CT molecular complexity index is 197. The maximum atomic E-state index is 10.5. The number of ketones is 1. The first-order chi connectivity index (χ1) is 4.33. The summed E-state index contributed by atoms with van der Waals surface area (Å²) >= 11 is 0. The van der Waals surface area contributed by atoms with E-state index >= 15 is 0 Å². The molecule has 9 heavy (non-hydrogen) atoms. The number of carbonyl (C=O) groups excluding carboxylic acids is 1. The Hall–Kier alpha value is -1.11. The molecule has 1 rings (SSSR count). The van der Waals surface area contributed by atoms with Gasteiger partial charge in [-0.1, -0.05) is 24.8 Å². The van der Waals surface area contributed by atoms with Gasteiger partial charge in [0.15, 0.2) is 5.78 Å². The Labute approximate surface area is 54.4 Å². The third-order valence-electron chi connectivity index (χ3n) is 1.19. The molecule has 0 atom stereocenters. The van der Waals surface area contributed by atoms with Crippen LogP contribution < -0.4 is 0 Å². The Kier molecular flexibility index (Phi) is 1.63. The Morgan fingerprint density at radius 3 is 2.78 bits per heavy atom. The molecule has 0 heterocycles. The minimum Gasteiger partial charge on any atom is -0.295 e. The normalized spacial score (nSPS) is 17.3. The zero-order chi connectivity index (χ0) is 6.69. The highest BCUT2D eigenvalue weighted by atomic mass is 16.1. The van der Waals surface area contributed by atoms with Crippen molar-refractivity contribution in [2.24, 2.45) is 0 Å². The lowest BCUT2D eigenvalue weighted by Gasteiger charge is -1.97. The number of carbonyl (C=O) groups is 1. The number of hydrogen-bond donors (Lipinski definition) is 0. The van der Waals surface area contributed by atoms with Crippen LogP contribution in [-0.2, 0) is 4.79 Å². The standard InChI is InChI=1S/C8H7O/c1-2-7-3-5-8(9)6-4-7/h1-5H,6H2. The van der Waals surface area contributed by atoms with E-state index in [2.05, 4.69) is 0 Å². The molecule has 0 aliphatic heterocycles. The first-order valence-corrected chi connectivity index (χ1v) is 2.79. The molecule has 1 heteroatoms. The number of rotatable bonds is 1. The van der Waals surface area contributed by atoms with Gasteiger partial charge < -0.3 is 0 Å². The van der Waals surface area contributed by atoms with Crippen molar-refractivity contribution >= 4 is 5.78 Å². The highest BCUT2D eigenvalue weighted by molar-refractivity contribution is 5.92. The summed E-state index contributed by atoms with van der Waals surface area (Å²) in [5, 5.41) is 0. The summed E-state index contributed by atoms with van der Waals surface area (Å²) in [6.07, 6.45) is 7.04. The van der Waals surface area contributed by atoms with Crippen LogP contribution in [0.5, 0.6) is 0 Å². The second-order valence-electron chi connectivity index (χ2n) is 1.87. The van der Waals surface area contributed by atoms with Crippen LogP contribution in [0.2, 0.25) is 0 Å². The minimum atomic E-state index is 0.139. The van der Waals surface area contributed by atoms with Gasteiger partial charge in [-0.15, -0.1) is 0 Å². The van der Waals surface area contributed by atoms with Gasteiger partial charge in [-0.2, -0.15) is 0 Å². The molecule has 0 amide bonds. The van der Waals surface area contributed by atoms with E-state index in [1.165, 1.54) is 6.08 Å². The Morgan fingerprint density at radius 2 is 2.33 bits per heavy atom. The van der Waals surface area contributed by atoms with Crippen molar-refractivity contribution in [3.8, 4) is 0 Å².